The minimum absolute atomic E-state index is 0.154. The molecule has 0 aromatic carbocycles. The van der Waals surface area contributed by atoms with Gasteiger partial charge in [-0.15, -0.1) is 0 Å². The van der Waals surface area contributed by atoms with E-state index in [9.17, 15) is 0 Å². The summed E-state index contributed by atoms with van der Waals surface area (Å²) in [5.41, 5.74) is 0.154. The molecule has 0 fully saturated rings. The largest absolute Gasteiger partial charge is 0.423 e. The Morgan fingerprint density at radius 3 is 2.30 bits per heavy atom. The van der Waals surface area contributed by atoms with E-state index in [4.69, 9.17) is 4.43 Å². The third-order valence-corrected chi connectivity index (χ3v) is 3.04. The van der Waals surface area contributed by atoms with E-state index in [0.717, 1.165) is 10.5 Å². The topological polar surface area (TPSA) is 9.23 Å². The van der Waals surface area contributed by atoms with Crippen molar-refractivity contribution < 1.29 is 4.43 Å². The Bertz CT molecular complexity index is 81.3. The second-order valence-electron chi connectivity index (χ2n) is 3.42. The molecule has 0 spiro atoms. The molecule has 0 heterocycles. The molecule has 0 aliphatic rings. The fraction of sp³-hybridized carbons (Fsp3) is 1.00. The van der Waals surface area contributed by atoms with Gasteiger partial charge in [-0.05, 0) is 20.3 Å². The number of rotatable bonds is 5. The summed E-state index contributed by atoms with van der Waals surface area (Å²) in [7, 11) is 0.866. The van der Waals surface area contributed by atoms with Gasteiger partial charge in [0.15, 0.2) is 0 Å². The molecule has 2 heteroatoms. The maximum absolute atomic E-state index is 5.42. The predicted molar refractivity (Wildman–Crippen MR) is 49.2 cm³/mol. The molecular weight excluding hydrogens is 140 g/mol. The zero-order valence-electron chi connectivity index (χ0n) is 7.74. The van der Waals surface area contributed by atoms with E-state index in [2.05, 4.69) is 20.8 Å². The van der Waals surface area contributed by atoms with Crippen LogP contribution in [0.1, 0.15) is 46.5 Å². The molecule has 0 aliphatic carbocycles. The average molecular weight is 160 g/mol. The van der Waals surface area contributed by atoms with Crippen molar-refractivity contribution in [3.8, 4) is 0 Å². The van der Waals surface area contributed by atoms with Crippen molar-refractivity contribution in [3.63, 3.8) is 0 Å². The van der Waals surface area contributed by atoms with Crippen LogP contribution >= 0.6 is 0 Å². The van der Waals surface area contributed by atoms with Crippen LogP contribution in [0.4, 0.5) is 0 Å². The van der Waals surface area contributed by atoms with Gasteiger partial charge in [0.1, 0.15) is 10.5 Å². The Morgan fingerprint density at radius 2 is 1.90 bits per heavy atom. The normalized spacial score (nSPS) is 12.3. The monoisotopic (exact) mass is 160 g/mol. The highest BCUT2D eigenvalue weighted by atomic mass is 28.2. The molecule has 0 rings (SSSR count). The summed E-state index contributed by atoms with van der Waals surface area (Å²) in [5.74, 6) is 0. The summed E-state index contributed by atoms with van der Waals surface area (Å²) < 4.78 is 5.42. The maximum Gasteiger partial charge on any atom is 0.146 e. The van der Waals surface area contributed by atoms with Gasteiger partial charge >= 0.3 is 0 Å². The van der Waals surface area contributed by atoms with Crippen LogP contribution in [0.15, 0.2) is 0 Å². The van der Waals surface area contributed by atoms with E-state index < -0.39 is 0 Å². The molecule has 0 amide bonds. The van der Waals surface area contributed by atoms with Crippen molar-refractivity contribution in [1.29, 1.82) is 0 Å². The average Bonchev–Trinajstić information content (AvgIpc) is 1.89. The van der Waals surface area contributed by atoms with Crippen molar-refractivity contribution in [2.24, 2.45) is 0 Å². The molecule has 0 unspecified atom stereocenters. The van der Waals surface area contributed by atoms with Gasteiger partial charge in [0.2, 0.25) is 0 Å². The van der Waals surface area contributed by atoms with Gasteiger partial charge in [-0.1, -0.05) is 26.2 Å². The Kier molecular flexibility index (Phi) is 5.00. The molecule has 0 aliphatic heterocycles. The molecule has 0 saturated carbocycles. The van der Waals surface area contributed by atoms with E-state index in [1.807, 2.05) is 0 Å². The van der Waals surface area contributed by atoms with E-state index >= 15 is 0 Å². The van der Waals surface area contributed by atoms with Crippen LogP contribution in [0.3, 0.4) is 0 Å². The molecule has 10 heavy (non-hydrogen) atoms. The first-order chi connectivity index (χ1) is 4.62. The molecule has 0 atom stereocenters. The van der Waals surface area contributed by atoms with Gasteiger partial charge in [0.25, 0.3) is 0 Å². The van der Waals surface area contributed by atoms with Crippen LogP contribution in [0.2, 0.25) is 0 Å². The highest BCUT2D eigenvalue weighted by molar-refractivity contribution is 5.98. The van der Waals surface area contributed by atoms with E-state index in [0.29, 0.717) is 0 Å². The van der Waals surface area contributed by atoms with Crippen LogP contribution in [-0.4, -0.2) is 16.1 Å². The summed E-state index contributed by atoms with van der Waals surface area (Å²) in [6, 6.07) is 0. The van der Waals surface area contributed by atoms with Crippen LogP contribution < -0.4 is 0 Å². The third-order valence-electron chi connectivity index (χ3n) is 1.93. The first-order valence-electron chi connectivity index (χ1n) is 4.17. The lowest BCUT2D eigenvalue weighted by Crippen LogP contribution is -2.22. The zero-order chi connectivity index (χ0) is 8.04. The van der Waals surface area contributed by atoms with E-state index in [1.54, 1.807) is 0 Å². The van der Waals surface area contributed by atoms with E-state index in [1.165, 1.54) is 25.7 Å². The van der Waals surface area contributed by atoms with Gasteiger partial charge in [0.05, 0.1) is 0 Å². The molecule has 0 bridgehead atoms. The van der Waals surface area contributed by atoms with Gasteiger partial charge < -0.3 is 4.43 Å². The molecule has 0 saturated heterocycles. The molecule has 0 aromatic heterocycles. The van der Waals surface area contributed by atoms with Crippen LogP contribution in [0.5, 0.6) is 0 Å². The van der Waals surface area contributed by atoms with Crippen molar-refractivity contribution in [2.75, 3.05) is 0 Å². The van der Waals surface area contributed by atoms with Crippen molar-refractivity contribution >= 4 is 10.5 Å². The summed E-state index contributed by atoms with van der Waals surface area (Å²) in [5, 5.41) is 0. The number of hydrogen-bond donors (Lipinski definition) is 0. The van der Waals surface area contributed by atoms with Gasteiger partial charge in [0, 0.05) is 5.60 Å². The molecule has 0 radical (unpaired) electrons. The van der Waals surface area contributed by atoms with Crippen LogP contribution in [0.25, 0.3) is 0 Å². The SMILES string of the molecule is CCCCCC(C)(C)O[SiH3]. The standard InChI is InChI=1S/C8H20OSi/c1-4-5-6-7-8(2,3)9-10/h4-7H2,1-3,10H3. The minimum atomic E-state index is 0.154. The third kappa shape index (κ3) is 5.00. The molecule has 0 aromatic rings. The lowest BCUT2D eigenvalue weighted by Gasteiger charge is -2.23. The molecule has 62 valence electrons. The second-order valence-corrected chi connectivity index (χ2v) is 3.83. The lowest BCUT2D eigenvalue weighted by molar-refractivity contribution is 0.109. The molecular formula is C8H20OSi. The summed E-state index contributed by atoms with van der Waals surface area (Å²) in [6.07, 6.45) is 5.17. The Morgan fingerprint density at radius 1 is 1.30 bits per heavy atom. The Hall–Kier alpha value is 0.177. The quantitative estimate of drug-likeness (QED) is 0.439. The Labute approximate surface area is 67.7 Å². The van der Waals surface area contributed by atoms with E-state index in [-0.39, 0.29) is 5.60 Å². The lowest BCUT2D eigenvalue weighted by atomic mass is 10.0. The summed E-state index contributed by atoms with van der Waals surface area (Å²) >= 11 is 0. The van der Waals surface area contributed by atoms with Crippen molar-refractivity contribution in [2.45, 2.75) is 52.1 Å². The summed E-state index contributed by atoms with van der Waals surface area (Å²) in [4.78, 5) is 0. The molecule has 0 N–H and O–H groups in total. The number of hydrogen-bond acceptors (Lipinski definition) is 1. The van der Waals surface area contributed by atoms with Gasteiger partial charge in [-0.3, -0.25) is 0 Å². The van der Waals surface area contributed by atoms with Crippen LogP contribution in [0, 0.1) is 0 Å². The van der Waals surface area contributed by atoms with Gasteiger partial charge in [-0.2, -0.15) is 0 Å². The first-order valence-corrected chi connectivity index (χ1v) is 4.99. The highest BCUT2D eigenvalue weighted by Crippen LogP contribution is 2.16. The maximum atomic E-state index is 5.42. The molecule has 1 nitrogen and oxygen atoms in total. The first kappa shape index (κ1) is 10.2. The van der Waals surface area contributed by atoms with Crippen molar-refractivity contribution in [3.05, 3.63) is 0 Å². The van der Waals surface area contributed by atoms with Crippen LogP contribution in [-0.2, 0) is 4.43 Å². The fourth-order valence-corrected chi connectivity index (χ4v) is 1.11. The predicted octanol–water partition coefficient (Wildman–Crippen LogP) is 1.64. The fourth-order valence-electron chi connectivity index (χ4n) is 0.903. The highest BCUT2D eigenvalue weighted by Gasteiger charge is 2.13. The minimum Gasteiger partial charge on any atom is -0.423 e. The Balaban J connectivity index is 3.28. The second kappa shape index (κ2) is 4.91. The summed E-state index contributed by atoms with van der Waals surface area (Å²) in [6.45, 7) is 6.58. The van der Waals surface area contributed by atoms with Gasteiger partial charge in [-0.25, -0.2) is 0 Å². The van der Waals surface area contributed by atoms with Crippen molar-refractivity contribution in [1.82, 2.24) is 0 Å². The number of unbranched alkanes of at least 4 members (excludes halogenated alkanes) is 2. The smallest absolute Gasteiger partial charge is 0.146 e. The zero-order valence-corrected chi connectivity index (χ0v) is 9.74.